The van der Waals surface area contributed by atoms with Crippen LogP contribution in [-0.4, -0.2) is 32.3 Å². The minimum atomic E-state index is -0.440. The topological polar surface area (TPSA) is 158 Å². The molecule has 0 aliphatic rings. The van der Waals surface area contributed by atoms with Crippen molar-refractivity contribution < 1.29 is 29.4 Å². The van der Waals surface area contributed by atoms with Crippen LogP contribution in [-0.2, 0) is 0 Å². The van der Waals surface area contributed by atoms with Crippen LogP contribution in [0.25, 0.3) is 44.5 Å². The van der Waals surface area contributed by atoms with Crippen molar-refractivity contribution in [1.82, 2.24) is 0 Å². The molecule has 12 heteroatoms. The highest BCUT2D eigenvalue weighted by atomic mass is 35.5. The zero-order valence-corrected chi connectivity index (χ0v) is 29.3. The summed E-state index contributed by atoms with van der Waals surface area (Å²) in [7, 11) is 0. The number of hydrogen-bond donors (Lipinski definition) is 6. The number of nitrogens with zero attached hydrogens (tertiary/aromatic N) is 2. The van der Waals surface area contributed by atoms with Crippen LogP contribution in [0.4, 0.5) is 8.78 Å². The molecule has 0 bridgehead atoms. The van der Waals surface area contributed by atoms with Crippen molar-refractivity contribution in [2.24, 2.45) is 21.8 Å². The Morgan fingerprint density at radius 1 is 0.519 bits per heavy atom. The molecule has 0 heterocycles. The molecule has 0 spiro atoms. The predicted molar refractivity (Wildman–Crippen MR) is 202 cm³/mol. The maximum absolute atomic E-state index is 14.7. The molecule has 0 aliphatic carbocycles. The Labute approximate surface area is 308 Å². The number of benzene rings is 6. The highest BCUT2D eigenvalue weighted by molar-refractivity contribution is 6.32. The van der Waals surface area contributed by atoms with E-state index in [9.17, 15) is 19.0 Å². The monoisotopic (exact) mass is 740 g/mol. The van der Waals surface area contributed by atoms with E-state index in [0.717, 1.165) is 11.1 Å². The molecule has 0 aromatic heterocycles. The molecular weight excluding hydrogens is 709 g/mol. The van der Waals surface area contributed by atoms with Gasteiger partial charge in [-0.1, -0.05) is 81.5 Å². The van der Waals surface area contributed by atoms with Gasteiger partial charge in [0.2, 0.25) is 0 Å². The maximum Gasteiger partial charge on any atom is 0.170 e. The van der Waals surface area contributed by atoms with Gasteiger partial charge in [-0.15, -0.1) is 0 Å². The normalized spacial score (nSPS) is 11.6. The van der Waals surface area contributed by atoms with Gasteiger partial charge in [-0.25, -0.2) is 8.78 Å². The van der Waals surface area contributed by atoms with E-state index in [2.05, 4.69) is 10.3 Å². The second-order valence-corrected chi connectivity index (χ2v) is 12.7. The Hall–Kier alpha value is -6.10. The van der Waals surface area contributed by atoms with E-state index < -0.39 is 11.6 Å². The van der Waals surface area contributed by atoms with Gasteiger partial charge in [-0.2, -0.15) is 0 Å². The summed E-state index contributed by atoms with van der Waals surface area (Å²) < 4.78 is 29.4. The standard InChI is InChI=1S/2C20H16ClFN2O2/c1-11-2-7-18(22)16(8-11)19-15(12-3-5-14(25)6-4-12)9-13(21)10-17(19)20(23)24-26;1-11-2-7-15(18(22)8-11)19-16(12-3-5-14(25)6-4-12)9-13(21)10-17(19)20(23)24-26/h2*2-10,25-26H,1H3,(H2,23,24). The van der Waals surface area contributed by atoms with Crippen molar-refractivity contribution in [1.29, 1.82) is 0 Å². The lowest BCUT2D eigenvalue weighted by molar-refractivity contribution is 0.318. The number of amidine groups is 2. The number of nitrogens with two attached hydrogens (primary N) is 2. The molecule has 8 nitrogen and oxygen atoms in total. The van der Waals surface area contributed by atoms with Crippen molar-refractivity contribution in [2.75, 3.05) is 0 Å². The third kappa shape index (κ3) is 8.10. The molecule has 6 aromatic carbocycles. The van der Waals surface area contributed by atoms with E-state index in [1.165, 1.54) is 48.5 Å². The highest BCUT2D eigenvalue weighted by Gasteiger charge is 2.21. The summed E-state index contributed by atoms with van der Waals surface area (Å²) >= 11 is 12.4. The van der Waals surface area contributed by atoms with Gasteiger partial charge in [0.05, 0.1) is 0 Å². The lowest BCUT2D eigenvalue weighted by Gasteiger charge is -2.17. The summed E-state index contributed by atoms with van der Waals surface area (Å²) in [6.45, 7) is 3.64. The van der Waals surface area contributed by atoms with E-state index in [1.807, 2.05) is 6.92 Å². The third-order valence-corrected chi connectivity index (χ3v) is 8.55. The summed E-state index contributed by atoms with van der Waals surface area (Å²) in [6.07, 6.45) is 0. The minimum absolute atomic E-state index is 0.107. The molecule has 0 fully saturated rings. The van der Waals surface area contributed by atoms with E-state index in [0.29, 0.717) is 65.7 Å². The van der Waals surface area contributed by atoms with Gasteiger partial charge >= 0.3 is 0 Å². The van der Waals surface area contributed by atoms with E-state index >= 15 is 0 Å². The van der Waals surface area contributed by atoms with Crippen LogP contribution in [0.2, 0.25) is 10.0 Å². The summed E-state index contributed by atoms with van der Waals surface area (Å²) in [6, 6.07) is 28.8. The van der Waals surface area contributed by atoms with Crippen molar-refractivity contribution >= 4 is 34.9 Å². The Morgan fingerprint density at radius 2 is 0.942 bits per heavy atom. The molecule has 0 unspecified atom stereocenters. The molecule has 264 valence electrons. The molecular formula is C40H32Cl2F2N4O4. The molecule has 0 radical (unpaired) electrons. The van der Waals surface area contributed by atoms with E-state index in [1.54, 1.807) is 67.6 Å². The van der Waals surface area contributed by atoms with Crippen LogP contribution in [0.15, 0.2) is 120 Å². The van der Waals surface area contributed by atoms with Crippen LogP contribution >= 0.6 is 23.2 Å². The molecule has 0 saturated carbocycles. The number of rotatable bonds is 6. The average Bonchev–Trinajstić information content (AvgIpc) is 3.12. The fourth-order valence-electron chi connectivity index (χ4n) is 5.70. The Kier molecular flexibility index (Phi) is 11.3. The Balaban J connectivity index is 0.000000201. The Morgan fingerprint density at radius 3 is 1.38 bits per heavy atom. The predicted octanol–water partition coefficient (Wildman–Crippen LogP) is 9.84. The van der Waals surface area contributed by atoms with Crippen molar-refractivity contribution in [2.45, 2.75) is 13.8 Å². The lowest BCUT2D eigenvalue weighted by atomic mass is 9.89. The van der Waals surface area contributed by atoms with Crippen LogP contribution in [0.1, 0.15) is 22.3 Å². The molecule has 6 rings (SSSR count). The fraction of sp³-hybridized carbons (Fsp3) is 0.0500. The third-order valence-electron chi connectivity index (χ3n) is 8.12. The zero-order chi connectivity index (χ0) is 37.7. The molecule has 0 saturated heterocycles. The molecule has 8 N–H and O–H groups in total. The largest absolute Gasteiger partial charge is 0.508 e. The second-order valence-electron chi connectivity index (χ2n) is 11.8. The van der Waals surface area contributed by atoms with Gasteiger partial charge in [0, 0.05) is 43.4 Å². The molecule has 6 aromatic rings. The van der Waals surface area contributed by atoms with Gasteiger partial charge in [0.25, 0.3) is 0 Å². The van der Waals surface area contributed by atoms with Crippen LogP contribution in [0.5, 0.6) is 11.5 Å². The number of phenolic OH excluding ortho intramolecular Hbond substituents is 2. The van der Waals surface area contributed by atoms with E-state index in [4.69, 9.17) is 45.1 Å². The van der Waals surface area contributed by atoms with Gasteiger partial charge in [-0.05, 0) is 108 Å². The van der Waals surface area contributed by atoms with Crippen LogP contribution in [0, 0.1) is 25.5 Å². The zero-order valence-electron chi connectivity index (χ0n) is 27.7. The number of halogens is 4. The number of phenols is 2. The Bertz CT molecular complexity index is 2330. The number of aryl methyl sites for hydroxylation is 2. The highest BCUT2D eigenvalue weighted by Crippen LogP contribution is 2.41. The average molecular weight is 742 g/mol. The van der Waals surface area contributed by atoms with Crippen molar-refractivity contribution in [3.05, 3.63) is 153 Å². The molecule has 0 atom stereocenters. The number of oxime groups is 2. The summed E-state index contributed by atoms with van der Waals surface area (Å²) in [5.41, 5.74) is 18.1. The lowest BCUT2D eigenvalue weighted by Crippen LogP contribution is -2.15. The van der Waals surface area contributed by atoms with Gasteiger partial charge in [-0.3, -0.25) is 0 Å². The summed E-state index contributed by atoms with van der Waals surface area (Å²) in [5.74, 6) is -1.01. The minimum Gasteiger partial charge on any atom is -0.508 e. The molecule has 52 heavy (non-hydrogen) atoms. The molecule has 0 aliphatic heterocycles. The first-order chi connectivity index (χ1) is 24.8. The first-order valence-electron chi connectivity index (χ1n) is 15.6. The van der Waals surface area contributed by atoms with Gasteiger partial charge in [0.1, 0.15) is 23.1 Å². The van der Waals surface area contributed by atoms with Gasteiger partial charge < -0.3 is 32.1 Å². The smallest absolute Gasteiger partial charge is 0.170 e. The summed E-state index contributed by atoms with van der Waals surface area (Å²) in [5, 5.41) is 44.2. The fourth-order valence-corrected chi connectivity index (χ4v) is 6.13. The first kappa shape index (κ1) is 37.2. The number of aromatic hydroxyl groups is 2. The maximum atomic E-state index is 14.7. The van der Waals surface area contributed by atoms with Crippen molar-refractivity contribution in [3.8, 4) is 56.0 Å². The van der Waals surface area contributed by atoms with Crippen LogP contribution in [0.3, 0.4) is 0 Å². The quantitative estimate of drug-likeness (QED) is 0.0432. The summed E-state index contributed by atoms with van der Waals surface area (Å²) in [4.78, 5) is 0. The van der Waals surface area contributed by atoms with E-state index in [-0.39, 0.29) is 23.2 Å². The van der Waals surface area contributed by atoms with Gasteiger partial charge in [0.15, 0.2) is 11.7 Å². The molecule has 0 amide bonds. The SMILES string of the molecule is Cc1ccc(-c2c(C(N)=NO)cc(Cl)cc2-c2ccc(O)cc2)c(F)c1.Cc1ccc(F)c(-c2c(C(N)=NO)cc(Cl)cc2-c2ccc(O)cc2)c1. The van der Waals surface area contributed by atoms with Crippen molar-refractivity contribution in [3.63, 3.8) is 0 Å². The number of hydrogen-bond acceptors (Lipinski definition) is 6. The first-order valence-corrected chi connectivity index (χ1v) is 16.3. The second kappa shape index (κ2) is 15.8. The van der Waals surface area contributed by atoms with Crippen LogP contribution < -0.4 is 11.5 Å².